The van der Waals surface area contributed by atoms with Crippen molar-refractivity contribution in [2.24, 2.45) is 5.92 Å². The Labute approximate surface area is 268 Å². The first kappa shape index (κ1) is 32.5. The van der Waals surface area contributed by atoms with Crippen molar-refractivity contribution in [2.45, 2.75) is 64.1 Å². The number of amides is 4. The van der Waals surface area contributed by atoms with Crippen LogP contribution in [0.15, 0.2) is 72.9 Å². The number of likely N-dealkylation sites (tertiary alicyclic amines) is 2. The van der Waals surface area contributed by atoms with E-state index in [1.165, 1.54) is 11.1 Å². The Hall–Kier alpha value is -4.93. The highest BCUT2D eigenvalue weighted by molar-refractivity contribution is 6.07. The van der Waals surface area contributed by atoms with E-state index in [2.05, 4.69) is 4.98 Å². The maximum atomic E-state index is 13.5. The van der Waals surface area contributed by atoms with E-state index >= 15 is 0 Å². The number of urea groups is 1. The van der Waals surface area contributed by atoms with E-state index in [0.29, 0.717) is 24.4 Å². The first-order chi connectivity index (χ1) is 21.9. The van der Waals surface area contributed by atoms with E-state index < -0.39 is 41.6 Å². The zero-order chi connectivity index (χ0) is 33.0. The summed E-state index contributed by atoms with van der Waals surface area (Å²) in [7, 11) is 1.57. The van der Waals surface area contributed by atoms with Crippen LogP contribution in [0.4, 0.5) is 15.4 Å². The second kappa shape index (κ2) is 13.6. The number of β-lactam (4-membered cyclic amide) rings is 1. The van der Waals surface area contributed by atoms with Gasteiger partial charge in [0.25, 0.3) is 0 Å². The van der Waals surface area contributed by atoms with Gasteiger partial charge in [-0.15, -0.1) is 0 Å². The minimum absolute atomic E-state index is 0.0619. The van der Waals surface area contributed by atoms with E-state index in [0.717, 1.165) is 28.9 Å². The van der Waals surface area contributed by atoms with Gasteiger partial charge in [-0.2, -0.15) is 0 Å². The molecule has 5 rings (SSSR count). The number of aromatic nitrogens is 1. The summed E-state index contributed by atoms with van der Waals surface area (Å²) in [5.41, 5.74) is 1.77. The molecule has 2 saturated heterocycles. The summed E-state index contributed by atoms with van der Waals surface area (Å²) in [5, 5.41) is 10.1. The van der Waals surface area contributed by atoms with Crippen LogP contribution in [0, 0.1) is 5.92 Å². The van der Waals surface area contributed by atoms with Crippen molar-refractivity contribution in [3.8, 4) is 5.75 Å². The number of methoxy groups -OCH3 is 1. The van der Waals surface area contributed by atoms with Crippen LogP contribution >= 0.6 is 0 Å². The fourth-order valence-corrected chi connectivity index (χ4v) is 6.00. The average molecular weight is 629 g/mol. The second-order valence-electron chi connectivity index (χ2n) is 12.7. The molecule has 4 amide bonds. The molecule has 3 aromatic rings. The van der Waals surface area contributed by atoms with Gasteiger partial charge in [0.15, 0.2) is 6.04 Å². The monoisotopic (exact) mass is 628 g/mol. The van der Waals surface area contributed by atoms with Crippen LogP contribution in [-0.4, -0.2) is 75.7 Å². The lowest BCUT2D eigenvalue weighted by atomic mass is 9.82. The van der Waals surface area contributed by atoms with Crippen molar-refractivity contribution in [2.75, 3.05) is 25.1 Å². The number of rotatable bonds is 8. The van der Waals surface area contributed by atoms with Crippen molar-refractivity contribution in [3.05, 3.63) is 89.6 Å². The molecular weight excluding hydrogens is 588 g/mol. The molecule has 2 aliphatic heterocycles. The number of aliphatic carboxylic acids is 1. The minimum Gasteiger partial charge on any atom is -0.497 e. The normalized spacial score (nSPS) is 19.7. The lowest BCUT2D eigenvalue weighted by Crippen LogP contribution is -2.69. The minimum atomic E-state index is -1.30. The summed E-state index contributed by atoms with van der Waals surface area (Å²) in [6.07, 6.45) is 2.64. The molecule has 3 heterocycles. The largest absolute Gasteiger partial charge is 0.497 e. The van der Waals surface area contributed by atoms with Crippen LogP contribution in [0.2, 0.25) is 0 Å². The van der Waals surface area contributed by atoms with E-state index in [-0.39, 0.29) is 24.7 Å². The van der Waals surface area contributed by atoms with Gasteiger partial charge in [-0.25, -0.2) is 24.3 Å². The van der Waals surface area contributed by atoms with Gasteiger partial charge in [0.1, 0.15) is 17.2 Å². The number of carboxylic acid groups (broad SMARTS) is 1. The van der Waals surface area contributed by atoms with Crippen LogP contribution in [0.25, 0.3) is 0 Å². The number of nitrogens with zero attached hydrogens (tertiary/aromatic N) is 4. The van der Waals surface area contributed by atoms with Crippen LogP contribution in [0.5, 0.6) is 5.75 Å². The number of ether oxygens (including phenoxy) is 2. The van der Waals surface area contributed by atoms with Crippen molar-refractivity contribution in [1.29, 1.82) is 0 Å². The van der Waals surface area contributed by atoms with Gasteiger partial charge in [0.2, 0.25) is 5.91 Å². The molecule has 2 aliphatic rings. The third-order valence-corrected chi connectivity index (χ3v) is 8.29. The number of pyridine rings is 1. The van der Waals surface area contributed by atoms with Gasteiger partial charge in [-0.3, -0.25) is 9.69 Å². The van der Waals surface area contributed by atoms with Crippen molar-refractivity contribution >= 4 is 29.8 Å². The van der Waals surface area contributed by atoms with Gasteiger partial charge in [0.05, 0.1) is 19.6 Å². The predicted octanol–water partition coefficient (Wildman–Crippen LogP) is 5.49. The average Bonchev–Trinajstić information content (AvgIpc) is 3.04. The van der Waals surface area contributed by atoms with Gasteiger partial charge >= 0.3 is 18.1 Å². The fourth-order valence-electron chi connectivity index (χ4n) is 6.00. The number of carbonyl (C=O) groups is 4. The molecule has 46 heavy (non-hydrogen) atoms. The third kappa shape index (κ3) is 7.30. The first-order valence-corrected chi connectivity index (χ1v) is 15.4. The highest BCUT2D eigenvalue weighted by Gasteiger charge is 2.55. The Bertz CT molecular complexity index is 1570. The number of benzene rings is 2. The molecule has 0 spiro atoms. The zero-order valence-corrected chi connectivity index (χ0v) is 26.6. The molecule has 242 valence electrons. The molecule has 1 N–H and O–H groups in total. The number of carbonyl (C=O) groups excluding carboxylic acids is 3. The molecular formula is C35H40N4O7. The van der Waals surface area contributed by atoms with Crippen molar-refractivity contribution < 1.29 is 33.8 Å². The fraction of sp³-hybridized carbons (Fsp3) is 0.400. The highest BCUT2D eigenvalue weighted by Crippen LogP contribution is 2.34. The molecule has 1 aromatic heterocycles. The molecule has 11 heteroatoms. The number of anilines is 1. The summed E-state index contributed by atoms with van der Waals surface area (Å²) in [6, 6.07) is 18.6. The van der Waals surface area contributed by atoms with E-state index in [9.17, 15) is 24.3 Å². The molecule has 0 aliphatic carbocycles. The van der Waals surface area contributed by atoms with Gasteiger partial charge < -0.3 is 19.5 Å². The lowest BCUT2D eigenvalue weighted by Gasteiger charge is -2.46. The van der Waals surface area contributed by atoms with Crippen LogP contribution in [-0.2, 0) is 27.3 Å². The smallest absolute Gasteiger partial charge is 0.416 e. The summed E-state index contributed by atoms with van der Waals surface area (Å²) in [4.78, 5) is 60.9. The Kier molecular flexibility index (Phi) is 9.60. The maximum Gasteiger partial charge on any atom is 0.416 e. The Morgan fingerprint density at radius 3 is 2.39 bits per heavy atom. The number of piperidine rings is 1. The Morgan fingerprint density at radius 2 is 1.74 bits per heavy atom. The van der Waals surface area contributed by atoms with Crippen LogP contribution < -0.4 is 9.64 Å². The van der Waals surface area contributed by atoms with Gasteiger partial charge in [0, 0.05) is 25.2 Å². The van der Waals surface area contributed by atoms with Crippen LogP contribution in [0.1, 0.15) is 56.2 Å². The number of hydrogen-bond donors (Lipinski definition) is 1. The van der Waals surface area contributed by atoms with E-state index in [1.807, 2.05) is 42.5 Å². The summed E-state index contributed by atoms with van der Waals surface area (Å²) < 4.78 is 10.9. The van der Waals surface area contributed by atoms with E-state index in [1.54, 1.807) is 57.0 Å². The van der Waals surface area contributed by atoms with Crippen molar-refractivity contribution in [3.63, 3.8) is 0 Å². The molecule has 3 atom stereocenters. The summed E-state index contributed by atoms with van der Waals surface area (Å²) >= 11 is 0. The lowest BCUT2D eigenvalue weighted by molar-refractivity contribution is -0.166. The van der Waals surface area contributed by atoms with Gasteiger partial charge in [-0.1, -0.05) is 42.5 Å². The molecule has 2 aromatic carbocycles. The zero-order valence-electron chi connectivity index (χ0n) is 26.6. The van der Waals surface area contributed by atoms with Crippen LogP contribution in [0.3, 0.4) is 0 Å². The molecule has 0 saturated carbocycles. The first-order valence-electron chi connectivity index (χ1n) is 15.4. The van der Waals surface area contributed by atoms with E-state index in [4.69, 9.17) is 9.47 Å². The predicted molar refractivity (Wildman–Crippen MR) is 170 cm³/mol. The quantitative estimate of drug-likeness (QED) is 0.325. The third-order valence-electron chi connectivity index (χ3n) is 8.29. The molecule has 0 unspecified atom stereocenters. The number of hydrogen-bond acceptors (Lipinski definition) is 7. The van der Waals surface area contributed by atoms with Gasteiger partial charge in [-0.05, 0) is 81.0 Å². The standard InChI is InChI=1S/C35H40N4O7/c1-35(2,3)46-34(44)38(21-23-12-14-27(45-4)15-13-23)29-20-24(16-17-36-29)19-28-30(32(41)42)39(31(28)40)33(43)37-18-8-11-26(22-37)25-9-6-5-7-10-25/h5-7,9-10,12-17,20,26,28,30H,8,11,18-19,21-22H2,1-4H3,(H,41,42)/t26-,28-,30+/m1/s1. The molecule has 0 radical (unpaired) electrons. The Morgan fingerprint density at radius 1 is 1.02 bits per heavy atom. The number of imide groups is 1. The Balaban J connectivity index is 1.33. The maximum absolute atomic E-state index is 13.5. The molecule has 0 bridgehead atoms. The molecule has 2 fully saturated rings. The van der Waals surface area contributed by atoms with Crippen molar-refractivity contribution in [1.82, 2.24) is 14.8 Å². The number of carboxylic acids is 1. The SMILES string of the molecule is COc1ccc(CN(C(=O)OC(C)(C)C)c2cc(C[C@H]3C(=O)N(C(=O)N4CCC[C@@H](c5ccccc5)C4)[C@@H]3C(=O)O)ccn2)cc1. The molecule has 11 nitrogen and oxygen atoms in total. The summed E-state index contributed by atoms with van der Waals surface area (Å²) in [6.45, 7) is 6.35. The summed E-state index contributed by atoms with van der Waals surface area (Å²) in [5.74, 6) is -1.62. The topological polar surface area (TPSA) is 130 Å². The second-order valence-corrected chi connectivity index (χ2v) is 12.7. The highest BCUT2D eigenvalue weighted by atomic mass is 16.6.